The molecule has 5 nitrogen and oxygen atoms in total. The highest BCUT2D eigenvalue weighted by molar-refractivity contribution is 5.42. The number of aryl methyl sites for hydroxylation is 1. The molecule has 1 saturated heterocycles. The molecule has 0 spiro atoms. The van der Waals surface area contributed by atoms with Gasteiger partial charge in [-0.2, -0.15) is 0 Å². The van der Waals surface area contributed by atoms with Gasteiger partial charge < -0.3 is 14.6 Å². The predicted molar refractivity (Wildman–Crippen MR) is 103 cm³/mol. The second-order valence-electron chi connectivity index (χ2n) is 6.69. The van der Waals surface area contributed by atoms with Gasteiger partial charge in [-0.05, 0) is 50.1 Å². The standard InChI is InChI=1S/C21H28N2O3/c1-4-6-15-7-9-16(10-8-15)26-21-14(3)22-23-20(21)18-12-11-17(25-5-2)13-19(18)24/h7-14,20-24H,4-6H2,1-3H3. The predicted octanol–water partition coefficient (Wildman–Crippen LogP) is 3.73. The Kier molecular flexibility index (Phi) is 6.01. The zero-order valence-corrected chi connectivity index (χ0v) is 15.7. The molecule has 140 valence electrons. The van der Waals surface area contributed by atoms with E-state index in [9.17, 15) is 5.11 Å². The molecule has 5 heteroatoms. The van der Waals surface area contributed by atoms with Crippen molar-refractivity contribution < 1.29 is 14.6 Å². The van der Waals surface area contributed by atoms with Gasteiger partial charge >= 0.3 is 0 Å². The monoisotopic (exact) mass is 356 g/mol. The summed E-state index contributed by atoms with van der Waals surface area (Å²) in [6.45, 7) is 6.73. The molecular formula is C21H28N2O3. The molecule has 1 fully saturated rings. The van der Waals surface area contributed by atoms with Gasteiger partial charge in [0.25, 0.3) is 0 Å². The minimum atomic E-state index is -0.156. The Morgan fingerprint density at radius 2 is 1.73 bits per heavy atom. The zero-order valence-electron chi connectivity index (χ0n) is 15.7. The van der Waals surface area contributed by atoms with Gasteiger partial charge in [0.05, 0.1) is 18.7 Å². The van der Waals surface area contributed by atoms with E-state index in [1.165, 1.54) is 5.56 Å². The first-order valence-electron chi connectivity index (χ1n) is 9.34. The lowest BCUT2D eigenvalue weighted by molar-refractivity contribution is 0.170. The highest BCUT2D eigenvalue weighted by atomic mass is 16.5. The first-order chi connectivity index (χ1) is 12.6. The van der Waals surface area contributed by atoms with Crippen molar-refractivity contribution in [3.8, 4) is 17.2 Å². The molecule has 2 aromatic rings. The van der Waals surface area contributed by atoms with Crippen LogP contribution in [0.2, 0.25) is 0 Å². The van der Waals surface area contributed by atoms with E-state index in [2.05, 4.69) is 36.8 Å². The van der Waals surface area contributed by atoms with Crippen molar-refractivity contribution in [2.45, 2.75) is 51.8 Å². The Hall–Kier alpha value is -2.24. The maximum Gasteiger partial charge on any atom is 0.136 e. The van der Waals surface area contributed by atoms with Crippen LogP contribution in [0.3, 0.4) is 0 Å². The van der Waals surface area contributed by atoms with Crippen LogP contribution in [0, 0.1) is 0 Å². The summed E-state index contributed by atoms with van der Waals surface area (Å²) < 4.78 is 11.7. The van der Waals surface area contributed by atoms with Crippen molar-refractivity contribution in [2.75, 3.05) is 6.61 Å². The Balaban J connectivity index is 1.77. The Morgan fingerprint density at radius 3 is 2.38 bits per heavy atom. The molecule has 1 aliphatic heterocycles. The number of ether oxygens (including phenoxy) is 2. The number of aromatic hydroxyl groups is 1. The van der Waals surface area contributed by atoms with Crippen molar-refractivity contribution >= 4 is 0 Å². The molecule has 3 N–H and O–H groups in total. The number of hydrogen-bond donors (Lipinski definition) is 3. The van der Waals surface area contributed by atoms with Crippen LogP contribution in [0.25, 0.3) is 0 Å². The van der Waals surface area contributed by atoms with Gasteiger partial charge in [-0.1, -0.05) is 25.5 Å². The van der Waals surface area contributed by atoms with Crippen LogP contribution in [-0.2, 0) is 6.42 Å². The van der Waals surface area contributed by atoms with Gasteiger partial charge in [-0.25, -0.2) is 5.43 Å². The molecule has 0 amide bonds. The van der Waals surface area contributed by atoms with Gasteiger partial charge in [-0.3, -0.25) is 5.43 Å². The van der Waals surface area contributed by atoms with E-state index in [0.717, 1.165) is 24.2 Å². The minimum Gasteiger partial charge on any atom is -0.507 e. The Labute approximate surface area is 155 Å². The van der Waals surface area contributed by atoms with E-state index in [-0.39, 0.29) is 23.9 Å². The number of hydrazine groups is 1. The molecule has 0 bridgehead atoms. The molecule has 0 radical (unpaired) electrons. The lowest BCUT2D eigenvalue weighted by atomic mass is 9.98. The van der Waals surface area contributed by atoms with Crippen LogP contribution < -0.4 is 20.3 Å². The van der Waals surface area contributed by atoms with Crippen LogP contribution >= 0.6 is 0 Å². The molecule has 26 heavy (non-hydrogen) atoms. The molecule has 3 unspecified atom stereocenters. The fourth-order valence-electron chi connectivity index (χ4n) is 3.32. The number of phenolic OH excluding ortho intramolecular Hbond substituents is 1. The van der Waals surface area contributed by atoms with Crippen molar-refractivity contribution in [1.82, 2.24) is 10.9 Å². The third-order valence-corrected chi connectivity index (χ3v) is 4.67. The number of rotatable bonds is 7. The van der Waals surface area contributed by atoms with Crippen LogP contribution in [-0.4, -0.2) is 23.9 Å². The Morgan fingerprint density at radius 1 is 1.00 bits per heavy atom. The first-order valence-corrected chi connectivity index (χ1v) is 9.34. The van der Waals surface area contributed by atoms with E-state index < -0.39 is 0 Å². The van der Waals surface area contributed by atoms with Crippen molar-refractivity contribution in [2.24, 2.45) is 0 Å². The second kappa shape index (κ2) is 8.43. The molecule has 1 heterocycles. The maximum absolute atomic E-state index is 10.4. The van der Waals surface area contributed by atoms with Gasteiger partial charge in [0.15, 0.2) is 0 Å². The summed E-state index contributed by atoms with van der Waals surface area (Å²) >= 11 is 0. The molecule has 0 aromatic heterocycles. The molecule has 2 aromatic carbocycles. The normalized spacial score (nSPS) is 22.3. The third kappa shape index (κ3) is 4.11. The SMILES string of the molecule is CCCc1ccc(OC2C(C)NNC2c2ccc(OCC)cc2O)cc1. The number of hydrogen-bond acceptors (Lipinski definition) is 5. The quantitative estimate of drug-likeness (QED) is 0.706. The van der Waals surface area contributed by atoms with Crippen LogP contribution in [0.1, 0.15) is 44.4 Å². The maximum atomic E-state index is 10.4. The van der Waals surface area contributed by atoms with Crippen molar-refractivity contribution in [3.63, 3.8) is 0 Å². The average molecular weight is 356 g/mol. The van der Waals surface area contributed by atoms with Crippen LogP contribution in [0.5, 0.6) is 17.2 Å². The van der Waals surface area contributed by atoms with E-state index in [0.29, 0.717) is 12.4 Å². The fraction of sp³-hybridized carbons (Fsp3) is 0.429. The molecule has 0 saturated carbocycles. The summed E-state index contributed by atoms with van der Waals surface area (Å²) in [7, 11) is 0. The summed E-state index contributed by atoms with van der Waals surface area (Å²) in [5.74, 6) is 1.70. The largest absolute Gasteiger partial charge is 0.507 e. The van der Waals surface area contributed by atoms with E-state index in [4.69, 9.17) is 9.47 Å². The molecule has 3 atom stereocenters. The molecule has 3 rings (SSSR count). The van der Waals surface area contributed by atoms with E-state index in [1.807, 2.05) is 31.2 Å². The summed E-state index contributed by atoms with van der Waals surface area (Å²) in [6.07, 6.45) is 2.06. The summed E-state index contributed by atoms with van der Waals surface area (Å²) in [4.78, 5) is 0. The van der Waals surface area contributed by atoms with Gasteiger partial charge in [0, 0.05) is 11.6 Å². The second-order valence-corrected chi connectivity index (χ2v) is 6.69. The van der Waals surface area contributed by atoms with Gasteiger partial charge in [0.2, 0.25) is 0 Å². The van der Waals surface area contributed by atoms with Crippen LogP contribution in [0.15, 0.2) is 42.5 Å². The first kappa shape index (κ1) is 18.5. The highest BCUT2D eigenvalue weighted by Crippen LogP contribution is 2.34. The topological polar surface area (TPSA) is 62.8 Å². The molecule has 1 aliphatic rings. The number of phenols is 1. The van der Waals surface area contributed by atoms with Crippen LogP contribution in [0.4, 0.5) is 0 Å². The van der Waals surface area contributed by atoms with E-state index in [1.54, 1.807) is 6.07 Å². The van der Waals surface area contributed by atoms with Gasteiger partial charge in [0.1, 0.15) is 23.4 Å². The zero-order chi connectivity index (χ0) is 18.5. The van der Waals surface area contributed by atoms with Crippen molar-refractivity contribution in [1.29, 1.82) is 0 Å². The highest BCUT2D eigenvalue weighted by Gasteiger charge is 2.37. The lowest BCUT2D eigenvalue weighted by Gasteiger charge is -2.24. The smallest absolute Gasteiger partial charge is 0.136 e. The molecular weight excluding hydrogens is 328 g/mol. The van der Waals surface area contributed by atoms with Gasteiger partial charge in [-0.15, -0.1) is 0 Å². The summed E-state index contributed by atoms with van der Waals surface area (Å²) in [6, 6.07) is 13.6. The van der Waals surface area contributed by atoms with E-state index >= 15 is 0 Å². The van der Waals surface area contributed by atoms with Crippen molar-refractivity contribution in [3.05, 3.63) is 53.6 Å². The summed E-state index contributed by atoms with van der Waals surface area (Å²) in [5, 5.41) is 10.4. The Bertz CT molecular complexity index is 718. The lowest BCUT2D eigenvalue weighted by Crippen LogP contribution is -2.33. The fourth-order valence-corrected chi connectivity index (χ4v) is 3.32. The number of benzene rings is 2. The third-order valence-electron chi connectivity index (χ3n) is 4.67. The average Bonchev–Trinajstić information content (AvgIpc) is 2.98. The molecule has 0 aliphatic carbocycles. The summed E-state index contributed by atoms with van der Waals surface area (Å²) in [5.41, 5.74) is 8.57. The number of nitrogens with one attached hydrogen (secondary N) is 2. The minimum absolute atomic E-state index is 0.0984.